The van der Waals surface area contributed by atoms with Crippen molar-refractivity contribution < 1.29 is 9.53 Å². The molecule has 0 spiro atoms. The molecule has 0 aliphatic rings. The highest BCUT2D eigenvalue weighted by atomic mass is 16.5. The van der Waals surface area contributed by atoms with Gasteiger partial charge in [-0.3, -0.25) is 4.79 Å². The van der Waals surface area contributed by atoms with Gasteiger partial charge in [0.25, 0.3) is 0 Å². The van der Waals surface area contributed by atoms with Crippen LogP contribution in [0, 0.1) is 0 Å². The molecule has 0 aromatic heterocycles. The van der Waals surface area contributed by atoms with Crippen molar-refractivity contribution in [1.29, 1.82) is 0 Å². The summed E-state index contributed by atoms with van der Waals surface area (Å²) in [5.41, 5.74) is 1.09. The molecule has 0 saturated heterocycles. The van der Waals surface area contributed by atoms with Gasteiger partial charge in [0.2, 0.25) is 0 Å². The summed E-state index contributed by atoms with van der Waals surface area (Å²) in [5, 5.41) is 2.79. The summed E-state index contributed by atoms with van der Waals surface area (Å²) in [6, 6.07) is 9.81. The summed E-state index contributed by atoms with van der Waals surface area (Å²) in [6.07, 6.45) is 0. The maximum atomic E-state index is 11.0. The van der Waals surface area contributed by atoms with Crippen molar-refractivity contribution in [3.05, 3.63) is 35.9 Å². The first kappa shape index (κ1) is 10.9. The Kier molecular flexibility index (Phi) is 4.89. The molecule has 0 fully saturated rings. The Morgan fingerprint density at radius 2 is 2.07 bits per heavy atom. The zero-order valence-electron chi connectivity index (χ0n) is 8.32. The van der Waals surface area contributed by atoms with Crippen LogP contribution < -0.4 is 5.32 Å². The van der Waals surface area contributed by atoms with Crippen LogP contribution in [0.5, 0.6) is 0 Å². The lowest BCUT2D eigenvalue weighted by atomic mass is 10.2. The molecule has 0 unspecified atom stereocenters. The fourth-order valence-corrected chi connectivity index (χ4v) is 1.11. The molecule has 0 saturated carbocycles. The fraction of sp³-hybridized carbons (Fsp3) is 0.364. The van der Waals surface area contributed by atoms with Gasteiger partial charge in [-0.25, -0.2) is 0 Å². The highest BCUT2D eigenvalue weighted by Crippen LogP contribution is 1.99. The van der Waals surface area contributed by atoms with Gasteiger partial charge in [0.15, 0.2) is 5.78 Å². The minimum absolute atomic E-state index is 0.0726. The molecule has 76 valence electrons. The lowest BCUT2D eigenvalue weighted by Crippen LogP contribution is -2.22. The van der Waals surface area contributed by atoms with Crippen LogP contribution >= 0.6 is 0 Å². The Morgan fingerprint density at radius 3 is 2.71 bits per heavy atom. The molecule has 14 heavy (non-hydrogen) atoms. The number of nitrogens with one attached hydrogen (secondary N) is 1. The smallest absolute Gasteiger partial charge is 0.172 e. The minimum Gasteiger partial charge on any atom is -0.369 e. The molecule has 0 aliphatic carbocycles. The Bertz CT molecular complexity index is 272. The third kappa shape index (κ3) is 4.16. The summed E-state index contributed by atoms with van der Waals surface area (Å²) in [5.74, 6) is 0.0726. The highest BCUT2D eigenvalue weighted by molar-refractivity contribution is 5.81. The van der Waals surface area contributed by atoms with Crippen molar-refractivity contribution >= 4 is 5.78 Å². The Morgan fingerprint density at radius 1 is 1.36 bits per heavy atom. The molecule has 3 heteroatoms. The molecule has 0 amide bonds. The van der Waals surface area contributed by atoms with Crippen LogP contribution in [0.4, 0.5) is 0 Å². The molecule has 3 nitrogen and oxygen atoms in total. The predicted octanol–water partition coefficient (Wildman–Crippen LogP) is 0.992. The maximum absolute atomic E-state index is 11.0. The van der Waals surface area contributed by atoms with Crippen molar-refractivity contribution in [1.82, 2.24) is 5.32 Å². The van der Waals surface area contributed by atoms with Gasteiger partial charge in [-0.1, -0.05) is 30.3 Å². The van der Waals surface area contributed by atoms with Crippen molar-refractivity contribution in [3.8, 4) is 0 Å². The van der Waals surface area contributed by atoms with Crippen molar-refractivity contribution in [2.45, 2.75) is 6.61 Å². The molecule has 0 heterocycles. The normalized spacial score (nSPS) is 10.1. The average molecular weight is 193 g/mol. The van der Waals surface area contributed by atoms with E-state index in [9.17, 15) is 4.79 Å². The van der Waals surface area contributed by atoms with E-state index in [1.807, 2.05) is 30.3 Å². The van der Waals surface area contributed by atoms with Gasteiger partial charge in [0.1, 0.15) is 6.61 Å². The molecule has 0 bridgehead atoms. The standard InChI is InChI=1S/C11H15NO2/c1-12-7-11(13)9-14-8-10-5-3-2-4-6-10/h2-6,12H,7-9H2,1H3. The number of carbonyl (C=O) groups is 1. The van der Waals surface area contributed by atoms with Crippen LogP contribution in [0.2, 0.25) is 0 Å². The Balaban J connectivity index is 2.19. The summed E-state index contributed by atoms with van der Waals surface area (Å²) >= 11 is 0. The van der Waals surface area contributed by atoms with Gasteiger partial charge < -0.3 is 10.1 Å². The molecule has 1 N–H and O–H groups in total. The Labute approximate surface area is 84.1 Å². The third-order valence-electron chi connectivity index (χ3n) is 1.75. The number of Topliss-reactive ketones (excluding diaryl/α,β-unsaturated/α-hetero) is 1. The number of rotatable bonds is 6. The van der Waals surface area contributed by atoms with Gasteiger partial charge >= 0.3 is 0 Å². The molecule has 0 atom stereocenters. The Hall–Kier alpha value is -1.19. The van der Waals surface area contributed by atoms with E-state index in [1.54, 1.807) is 7.05 Å². The second-order valence-corrected chi connectivity index (χ2v) is 3.05. The van der Waals surface area contributed by atoms with Crippen molar-refractivity contribution in [3.63, 3.8) is 0 Å². The molecule has 0 radical (unpaired) electrons. The molecular weight excluding hydrogens is 178 g/mol. The third-order valence-corrected chi connectivity index (χ3v) is 1.75. The van der Waals surface area contributed by atoms with E-state index < -0.39 is 0 Å². The highest BCUT2D eigenvalue weighted by Gasteiger charge is 1.99. The largest absolute Gasteiger partial charge is 0.369 e. The van der Waals surface area contributed by atoms with Crippen LogP contribution in [0.25, 0.3) is 0 Å². The fourth-order valence-electron chi connectivity index (χ4n) is 1.11. The average Bonchev–Trinajstić information content (AvgIpc) is 2.20. The van der Waals surface area contributed by atoms with Gasteiger partial charge in [-0.05, 0) is 12.6 Å². The van der Waals surface area contributed by atoms with Gasteiger partial charge in [0, 0.05) is 0 Å². The number of hydrogen-bond acceptors (Lipinski definition) is 3. The maximum Gasteiger partial charge on any atom is 0.172 e. The van der Waals surface area contributed by atoms with Crippen LogP contribution in [-0.2, 0) is 16.1 Å². The molecule has 0 aliphatic heterocycles. The summed E-state index contributed by atoms with van der Waals surface area (Å²) in [7, 11) is 1.75. The lowest BCUT2D eigenvalue weighted by molar-refractivity contribution is -0.123. The van der Waals surface area contributed by atoms with Crippen LogP contribution in [-0.4, -0.2) is 26.0 Å². The second-order valence-electron chi connectivity index (χ2n) is 3.05. The van der Waals surface area contributed by atoms with Gasteiger partial charge in [-0.15, -0.1) is 0 Å². The summed E-state index contributed by atoms with van der Waals surface area (Å²) in [4.78, 5) is 11.0. The van der Waals surface area contributed by atoms with E-state index in [4.69, 9.17) is 4.74 Å². The van der Waals surface area contributed by atoms with Gasteiger partial charge in [-0.2, -0.15) is 0 Å². The minimum atomic E-state index is 0.0726. The lowest BCUT2D eigenvalue weighted by Gasteiger charge is -2.03. The predicted molar refractivity (Wildman–Crippen MR) is 55.0 cm³/mol. The quantitative estimate of drug-likeness (QED) is 0.732. The number of likely N-dealkylation sites (N-methyl/N-ethyl adjacent to an activating group) is 1. The first-order valence-electron chi connectivity index (χ1n) is 4.61. The monoisotopic (exact) mass is 193 g/mol. The van der Waals surface area contributed by atoms with E-state index >= 15 is 0 Å². The van der Waals surface area contributed by atoms with E-state index in [1.165, 1.54) is 0 Å². The SMILES string of the molecule is CNCC(=O)COCc1ccccc1. The van der Waals surface area contributed by atoms with E-state index in [0.717, 1.165) is 5.56 Å². The zero-order valence-corrected chi connectivity index (χ0v) is 8.32. The number of hydrogen-bond donors (Lipinski definition) is 1. The van der Waals surface area contributed by atoms with Crippen molar-refractivity contribution in [2.75, 3.05) is 20.2 Å². The van der Waals surface area contributed by atoms with Crippen LogP contribution in [0.3, 0.4) is 0 Å². The number of benzene rings is 1. The van der Waals surface area contributed by atoms with E-state index in [0.29, 0.717) is 13.2 Å². The molecule has 1 rings (SSSR count). The zero-order chi connectivity index (χ0) is 10.2. The first-order chi connectivity index (χ1) is 6.83. The number of carbonyl (C=O) groups excluding carboxylic acids is 1. The van der Waals surface area contributed by atoms with Crippen LogP contribution in [0.1, 0.15) is 5.56 Å². The first-order valence-corrected chi connectivity index (χ1v) is 4.61. The summed E-state index contributed by atoms with van der Waals surface area (Å²) < 4.78 is 5.24. The molecular formula is C11H15NO2. The van der Waals surface area contributed by atoms with E-state index in [2.05, 4.69) is 5.32 Å². The van der Waals surface area contributed by atoms with Gasteiger partial charge in [0.05, 0.1) is 13.2 Å². The second kappa shape index (κ2) is 6.29. The molecule has 1 aromatic rings. The number of ether oxygens (including phenoxy) is 1. The van der Waals surface area contributed by atoms with Crippen LogP contribution in [0.15, 0.2) is 30.3 Å². The van der Waals surface area contributed by atoms with Crippen molar-refractivity contribution in [2.24, 2.45) is 0 Å². The van der Waals surface area contributed by atoms with E-state index in [-0.39, 0.29) is 12.4 Å². The summed E-state index contributed by atoms with van der Waals surface area (Å²) in [6.45, 7) is 1.04. The number of ketones is 1. The topological polar surface area (TPSA) is 38.3 Å². The molecule has 1 aromatic carbocycles.